The van der Waals surface area contributed by atoms with E-state index < -0.39 is 0 Å². The minimum absolute atomic E-state index is 0.670. The van der Waals surface area contributed by atoms with Crippen molar-refractivity contribution in [1.82, 2.24) is 0 Å². The second kappa shape index (κ2) is 5.90. The molecule has 0 amide bonds. The maximum atomic E-state index is 4.22. The summed E-state index contributed by atoms with van der Waals surface area (Å²) in [7, 11) is 0. The van der Waals surface area contributed by atoms with Crippen LogP contribution in [0.2, 0.25) is 0 Å². The summed E-state index contributed by atoms with van der Waals surface area (Å²) in [4.78, 5) is 4.22. The molecule has 0 spiro atoms. The number of allylic oxidation sites excluding steroid dienone is 3. The van der Waals surface area contributed by atoms with E-state index in [2.05, 4.69) is 25.4 Å². The number of rotatable bonds is 4. The van der Waals surface area contributed by atoms with Crippen molar-refractivity contribution in [3.63, 3.8) is 0 Å². The van der Waals surface area contributed by atoms with Gasteiger partial charge in [0.1, 0.15) is 0 Å². The minimum Gasteiger partial charge on any atom is -0.262 e. The van der Waals surface area contributed by atoms with Crippen molar-refractivity contribution in [2.24, 2.45) is 10.9 Å². The standard InChI is InChI=1S/C10H17N/c1-5-7-11-10(6-2)8-9(3)4/h5-7,9H,1,8H2,2-4H3/b10-6-,11-7-. The van der Waals surface area contributed by atoms with Crippen LogP contribution in [-0.2, 0) is 0 Å². The first-order valence-corrected chi connectivity index (χ1v) is 4.01. The van der Waals surface area contributed by atoms with Gasteiger partial charge in [-0.25, -0.2) is 0 Å². The Labute approximate surface area is 69.5 Å². The molecule has 0 aliphatic heterocycles. The van der Waals surface area contributed by atoms with E-state index in [9.17, 15) is 0 Å². The molecule has 0 saturated heterocycles. The quantitative estimate of drug-likeness (QED) is 0.547. The van der Waals surface area contributed by atoms with E-state index in [4.69, 9.17) is 0 Å². The first-order valence-electron chi connectivity index (χ1n) is 4.01. The maximum Gasteiger partial charge on any atom is 0.0363 e. The highest BCUT2D eigenvalue weighted by atomic mass is 14.7. The number of hydrogen-bond donors (Lipinski definition) is 0. The Kier molecular flexibility index (Phi) is 5.44. The molecule has 0 atom stereocenters. The lowest BCUT2D eigenvalue weighted by Crippen LogP contribution is -1.88. The summed E-state index contributed by atoms with van der Waals surface area (Å²) >= 11 is 0. The molecule has 1 heteroatoms. The third-order valence-electron chi connectivity index (χ3n) is 1.30. The van der Waals surface area contributed by atoms with Gasteiger partial charge in [0.2, 0.25) is 0 Å². The molecule has 0 aromatic carbocycles. The monoisotopic (exact) mass is 151 g/mol. The lowest BCUT2D eigenvalue weighted by Gasteiger charge is -2.03. The SMILES string of the molecule is C=C/C=N\C(=C/C)CC(C)C. The smallest absolute Gasteiger partial charge is 0.0363 e. The predicted molar refractivity (Wildman–Crippen MR) is 51.9 cm³/mol. The lowest BCUT2D eigenvalue weighted by atomic mass is 10.1. The van der Waals surface area contributed by atoms with Crippen LogP contribution in [-0.4, -0.2) is 6.21 Å². The van der Waals surface area contributed by atoms with Crippen LogP contribution >= 0.6 is 0 Å². The van der Waals surface area contributed by atoms with E-state index in [1.54, 1.807) is 12.3 Å². The first kappa shape index (κ1) is 10.2. The normalized spacial score (nSPS) is 12.9. The Morgan fingerprint density at radius 1 is 1.55 bits per heavy atom. The van der Waals surface area contributed by atoms with Gasteiger partial charge in [-0.3, -0.25) is 4.99 Å². The molecular formula is C10H17N. The van der Waals surface area contributed by atoms with E-state index in [0.717, 1.165) is 12.1 Å². The summed E-state index contributed by atoms with van der Waals surface area (Å²) in [5.41, 5.74) is 1.14. The molecule has 62 valence electrons. The zero-order valence-electron chi connectivity index (χ0n) is 7.67. The third kappa shape index (κ3) is 5.59. The van der Waals surface area contributed by atoms with Crippen molar-refractivity contribution in [3.05, 3.63) is 24.4 Å². The fourth-order valence-corrected chi connectivity index (χ4v) is 0.812. The van der Waals surface area contributed by atoms with E-state index in [-0.39, 0.29) is 0 Å². The van der Waals surface area contributed by atoms with E-state index in [0.29, 0.717) is 5.92 Å². The van der Waals surface area contributed by atoms with Crippen LogP contribution in [0.3, 0.4) is 0 Å². The van der Waals surface area contributed by atoms with E-state index in [1.165, 1.54) is 0 Å². The predicted octanol–water partition coefficient (Wildman–Crippen LogP) is 3.19. The molecule has 0 bridgehead atoms. The number of hydrogen-bond acceptors (Lipinski definition) is 1. The highest BCUT2D eigenvalue weighted by Crippen LogP contribution is 2.10. The molecule has 0 radical (unpaired) electrons. The topological polar surface area (TPSA) is 12.4 Å². The second-order valence-electron chi connectivity index (χ2n) is 2.89. The third-order valence-corrected chi connectivity index (χ3v) is 1.30. The lowest BCUT2D eigenvalue weighted by molar-refractivity contribution is 0.638. The van der Waals surface area contributed by atoms with Crippen molar-refractivity contribution in [2.45, 2.75) is 27.2 Å². The summed E-state index contributed by atoms with van der Waals surface area (Å²) < 4.78 is 0. The van der Waals surface area contributed by atoms with Crippen molar-refractivity contribution < 1.29 is 0 Å². The molecule has 0 aliphatic carbocycles. The molecule has 1 nitrogen and oxygen atoms in total. The molecular weight excluding hydrogens is 134 g/mol. The molecule has 0 N–H and O–H groups in total. The van der Waals surface area contributed by atoms with Crippen LogP contribution in [0.5, 0.6) is 0 Å². The summed E-state index contributed by atoms with van der Waals surface area (Å²) in [6.07, 6.45) is 6.52. The average Bonchev–Trinajstić information content (AvgIpc) is 1.97. The molecule has 0 aromatic rings. The van der Waals surface area contributed by atoms with Gasteiger partial charge in [-0.1, -0.05) is 32.6 Å². The number of nitrogens with zero attached hydrogens (tertiary/aromatic N) is 1. The van der Waals surface area contributed by atoms with Crippen LogP contribution in [0, 0.1) is 5.92 Å². The van der Waals surface area contributed by atoms with Gasteiger partial charge >= 0.3 is 0 Å². The Morgan fingerprint density at radius 2 is 2.18 bits per heavy atom. The largest absolute Gasteiger partial charge is 0.262 e. The first-order chi connectivity index (χ1) is 5.20. The molecule has 11 heavy (non-hydrogen) atoms. The molecule has 0 aliphatic rings. The second-order valence-corrected chi connectivity index (χ2v) is 2.89. The minimum atomic E-state index is 0.670. The van der Waals surface area contributed by atoms with Crippen LogP contribution in [0.25, 0.3) is 0 Å². The van der Waals surface area contributed by atoms with Gasteiger partial charge in [-0.15, -0.1) is 0 Å². The van der Waals surface area contributed by atoms with Crippen molar-refractivity contribution in [1.29, 1.82) is 0 Å². The van der Waals surface area contributed by atoms with Crippen molar-refractivity contribution in [2.75, 3.05) is 0 Å². The van der Waals surface area contributed by atoms with Gasteiger partial charge in [0.15, 0.2) is 0 Å². The van der Waals surface area contributed by atoms with Crippen molar-refractivity contribution in [3.8, 4) is 0 Å². The molecule has 0 unspecified atom stereocenters. The summed E-state index contributed by atoms with van der Waals surface area (Å²) in [6.45, 7) is 9.96. The van der Waals surface area contributed by atoms with Crippen LogP contribution in [0.4, 0.5) is 0 Å². The Hall–Kier alpha value is -0.850. The highest BCUT2D eigenvalue weighted by Gasteiger charge is 1.96. The molecule has 0 aromatic heterocycles. The van der Waals surface area contributed by atoms with Gasteiger partial charge in [-0.2, -0.15) is 0 Å². The Balaban J connectivity index is 3.98. The fourth-order valence-electron chi connectivity index (χ4n) is 0.812. The van der Waals surface area contributed by atoms with E-state index >= 15 is 0 Å². The van der Waals surface area contributed by atoms with E-state index in [1.807, 2.05) is 13.0 Å². The average molecular weight is 151 g/mol. The number of aliphatic imine (C=N–C) groups is 1. The van der Waals surface area contributed by atoms with Crippen molar-refractivity contribution >= 4 is 6.21 Å². The summed E-state index contributed by atoms with van der Waals surface area (Å²) in [6, 6.07) is 0. The van der Waals surface area contributed by atoms with Gasteiger partial charge < -0.3 is 0 Å². The van der Waals surface area contributed by atoms with Gasteiger partial charge in [0.05, 0.1) is 0 Å². The molecule has 0 fully saturated rings. The Bertz CT molecular complexity index is 164. The van der Waals surface area contributed by atoms with Gasteiger partial charge in [0, 0.05) is 11.9 Å². The maximum absolute atomic E-state index is 4.22. The fraction of sp³-hybridized carbons (Fsp3) is 0.500. The highest BCUT2D eigenvalue weighted by molar-refractivity contribution is 5.71. The van der Waals surface area contributed by atoms with Crippen LogP contribution < -0.4 is 0 Å². The zero-order valence-corrected chi connectivity index (χ0v) is 7.67. The Morgan fingerprint density at radius 3 is 2.55 bits per heavy atom. The van der Waals surface area contributed by atoms with Gasteiger partial charge in [-0.05, 0) is 19.3 Å². The summed E-state index contributed by atoms with van der Waals surface area (Å²) in [5, 5.41) is 0. The summed E-state index contributed by atoms with van der Waals surface area (Å²) in [5.74, 6) is 0.670. The van der Waals surface area contributed by atoms with Crippen LogP contribution in [0.15, 0.2) is 29.4 Å². The zero-order chi connectivity index (χ0) is 8.69. The molecule has 0 rings (SSSR count). The van der Waals surface area contributed by atoms with Gasteiger partial charge in [0.25, 0.3) is 0 Å². The molecule has 0 heterocycles. The van der Waals surface area contributed by atoms with Crippen LogP contribution in [0.1, 0.15) is 27.2 Å². The molecule has 0 saturated carbocycles.